The summed E-state index contributed by atoms with van der Waals surface area (Å²) in [6, 6.07) is -0.132. The number of rotatable bonds is 4. The molecule has 6 nitrogen and oxygen atoms in total. The summed E-state index contributed by atoms with van der Waals surface area (Å²) in [7, 11) is 0. The van der Waals surface area contributed by atoms with Crippen molar-refractivity contribution in [1.29, 1.82) is 0 Å². The second kappa shape index (κ2) is 6.23. The second-order valence-electron chi connectivity index (χ2n) is 5.61. The highest BCUT2D eigenvalue weighted by Crippen LogP contribution is 2.31. The van der Waals surface area contributed by atoms with E-state index in [1.807, 2.05) is 0 Å². The first-order valence-corrected chi connectivity index (χ1v) is 6.98. The van der Waals surface area contributed by atoms with Crippen LogP contribution >= 0.6 is 0 Å². The fourth-order valence-corrected chi connectivity index (χ4v) is 3.10. The molecule has 3 unspecified atom stereocenters. The largest absolute Gasteiger partial charge is 0.481 e. The first-order valence-electron chi connectivity index (χ1n) is 6.98. The molecule has 0 aromatic rings. The molecule has 6 heteroatoms. The van der Waals surface area contributed by atoms with Crippen LogP contribution in [0.4, 0.5) is 4.79 Å². The maximum Gasteiger partial charge on any atom is 0.317 e. The predicted molar refractivity (Wildman–Crippen MR) is 68.6 cm³/mol. The molecule has 1 heterocycles. The maximum atomic E-state index is 11.9. The SMILES string of the molecule is O=C(O)C1CCCC1CNC(=O)N1CCC(CO)C1. The number of amides is 2. The van der Waals surface area contributed by atoms with Gasteiger partial charge >= 0.3 is 12.0 Å². The van der Waals surface area contributed by atoms with Crippen molar-refractivity contribution in [3.8, 4) is 0 Å². The van der Waals surface area contributed by atoms with Crippen molar-refractivity contribution in [3.63, 3.8) is 0 Å². The molecule has 1 aliphatic carbocycles. The number of carbonyl (C=O) groups excluding carboxylic acids is 1. The van der Waals surface area contributed by atoms with Gasteiger partial charge in [0.1, 0.15) is 0 Å². The van der Waals surface area contributed by atoms with E-state index in [0.717, 1.165) is 19.3 Å². The predicted octanol–water partition coefficient (Wildman–Crippen LogP) is 0.511. The van der Waals surface area contributed by atoms with Crippen LogP contribution in [0.25, 0.3) is 0 Å². The van der Waals surface area contributed by atoms with Crippen LogP contribution in [0.1, 0.15) is 25.7 Å². The number of hydrogen-bond donors (Lipinski definition) is 3. The molecular formula is C13H22N2O4. The first kappa shape index (κ1) is 14.1. The molecule has 2 fully saturated rings. The molecule has 2 aliphatic rings. The normalized spacial score (nSPS) is 30.6. The number of hydrogen-bond acceptors (Lipinski definition) is 3. The lowest BCUT2D eigenvalue weighted by molar-refractivity contribution is -0.142. The Morgan fingerprint density at radius 3 is 2.68 bits per heavy atom. The van der Waals surface area contributed by atoms with Crippen molar-refractivity contribution in [2.45, 2.75) is 25.7 Å². The topological polar surface area (TPSA) is 89.9 Å². The van der Waals surface area contributed by atoms with Crippen molar-refractivity contribution in [3.05, 3.63) is 0 Å². The van der Waals surface area contributed by atoms with Crippen LogP contribution in [0, 0.1) is 17.8 Å². The third-order valence-corrected chi connectivity index (χ3v) is 4.32. The number of carbonyl (C=O) groups is 2. The Kier molecular flexibility index (Phi) is 4.63. The van der Waals surface area contributed by atoms with Gasteiger partial charge in [-0.3, -0.25) is 4.79 Å². The van der Waals surface area contributed by atoms with E-state index in [1.165, 1.54) is 0 Å². The van der Waals surface area contributed by atoms with Crippen LogP contribution in [-0.2, 0) is 4.79 Å². The highest BCUT2D eigenvalue weighted by Gasteiger charge is 2.33. The summed E-state index contributed by atoms with van der Waals surface area (Å²) < 4.78 is 0. The summed E-state index contributed by atoms with van der Waals surface area (Å²) in [5.41, 5.74) is 0. The van der Waals surface area contributed by atoms with Crippen molar-refractivity contribution in [2.75, 3.05) is 26.2 Å². The zero-order valence-electron chi connectivity index (χ0n) is 11.0. The Hall–Kier alpha value is -1.30. The van der Waals surface area contributed by atoms with Gasteiger partial charge in [0.25, 0.3) is 0 Å². The Balaban J connectivity index is 1.76. The summed E-state index contributed by atoms with van der Waals surface area (Å²) >= 11 is 0. The standard InChI is InChI=1S/C13H22N2O4/c16-8-9-4-5-15(7-9)13(19)14-6-10-2-1-3-11(10)12(17)18/h9-11,16H,1-8H2,(H,14,19)(H,17,18). The monoisotopic (exact) mass is 270 g/mol. The number of carboxylic acids is 1. The molecule has 1 saturated carbocycles. The van der Waals surface area contributed by atoms with E-state index in [9.17, 15) is 9.59 Å². The van der Waals surface area contributed by atoms with Crippen molar-refractivity contribution in [2.24, 2.45) is 17.8 Å². The lowest BCUT2D eigenvalue weighted by atomic mass is 9.96. The van der Waals surface area contributed by atoms with E-state index in [2.05, 4.69) is 5.32 Å². The quantitative estimate of drug-likeness (QED) is 0.694. The minimum atomic E-state index is -0.752. The van der Waals surface area contributed by atoms with Crippen LogP contribution in [0.2, 0.25) is 0 Å². The average molecular weight is 270 g/mol. The molecule has 1 aliphatic heterocycles. The molecule has 0 aromatic carbocycles. The van der Waals surface area contributed by atoms with Gasteiger partial charge in [0.05, 0.1) is 5.92 Å². The lowest BCUT2D eigenvalue weighted by Gasteiger charge is -2.20. The van der Waals surface area contributed by atoms with E-state index in [-0.39, 0.29) is 30.4 Å². The second-order valence-corrected chi connectivity index (χ2v) is 5.61. The highest BCUT2D eigenvalue weighted by molar-refractivity contribution is 5.75. The smallest absolute Gasteiger partial charge is 0.317 e. The van der Waals surface area contributed by atoms with Crippen LogP contribution in [0.5, 0.6) is 0 Å². The molecule has 0 bridgehead atoms. The van der Waals surface area contributed by atoms with Gasteiger partial charge in [-0.05, 0) is 25.2 Å². The van der Waals surface area contributed by atoms with Gasteiger partial charge in [-0.15, -0.1) is 0 Å². The first-order chi connectivity index (χ1) is 9.11. The fraction of sp³-hybridized carbons (Fsp3) is 0.846. The number of aliphatic carboxylic acids is 1. The molecule has 19 heavy (non-hydrogen) atoms. The molecule has 3 atom stereocenters. The number of urea groups is 1. The summed E-state index contributed by atoms with van der Waals surface area (Å²) in [6.45, 7) is 1.82. The van der Waals surface area contributed by atoms with Gasteiger partial charge in [0, 0.05) is 32.2 Å². The highest BCUT2D eigenvalue weighted by atomic mass is 16.4. The Morgan fingerprint density at radius 2 is 2.05 bits per heavy atom. The molecule has 0 aromatic heterocycles. The zero-order valence-corrected chi connectivity index (χ0v) is 11.0. The lowest BCUT2D eigenvalue weighted by Crippen LogP contribution is -2.41. The Morgan fingerprint density at radius 1 is 1.26 bits per heavy atom. The number of nitrogens with zero attached hydrogens (tertiary/aromatic N) is 1. The third kappa shape index (κ3) is 3.37. The fourth-order valence-electron chi connectivity index (χ4n) is 3.10. The molecule has 108 valence electrons. The van der Waals surface area contributed by atoms with Crippen LogP contribution < -0.4 is 5.32 Å². The van der Waals surface area contributed by atoms with E-state index in [0.29, 0.717) is 26.1 Å². The molecule has 0 spiro atoms. The molecule has 1 saturated heterocycles. The summed E-state index contributed by atoms with van der Waals surface area (Å²) in [5, 5.41) is 21.0. The van der Waals surface area contributed by atoms with Crippen LogP contribution in [0.3, 0.4) is 0 Å². The number of aliphatic hydroxyl groups excluding tert-OH is 1. The van der Waals surface area contributed by atoms with Crippen molar-refractivity contribution < 1.29 is 19.8 Å². The molecule has 0 radical (unpaired) electrons. The summed E-state index contributed by atoms with van der Waals surface area (Å²) in [6.07, 6.45) is 3.35. The Labute approximate surface area is 112 Å². The van der Waals surface area contributed by atoms with Gasteiger partial charge in [-0.25, -0.2) is 4.79 Å². The van der Waals surface area contributed by atoms with Crippen molar-refractivity contribution >= 4 is 12.0 Å². The molecule has 3 N–H and O–H groups in total. The number of nitrogens with one attached hydrogen (secondary N) is 1. The van der Waals surface area contributed by atoms with Crippen LogP contribution in [0.15, 0.2) is 0 Å². The number of aliphatic hydroxyl groups is 1. The van der Waals surface area contributed by atoms with Gasteiger partial charge in [0.2, 0.25) is 0 Å². The van der Waals surface area contributed by atoms with Gasteiger partial charge in [0.15, 0.2) is 0 Å². The van der Waals surface area contributed by atoms with Gasteiger partial charge in [-0.2, -0.15) is 0 Å². The minimum absolute atomic E-state index is 0.0534. The minimum Gasteiger partial charge on any atom is -0.481 e. The average Bonchev–Trinajstić information content (AvgIpc) is 3.04. The van der Waals surface area contributed by atoms with Crippen LogP contribution in [-0.4, -0.2) is 53.4 Å². The number of carboxylic acid groups (broad SMARTS) is 1. The maximum absolute atomic E-state index is 11.9. The van der Waals surface area contributed by atoms with E-state index < -0.39 is 5.97 Å². The third-order valence-electron chi connectivity index (χ3n) is 4.32. The zero-order chi connectivity index (χ0) is 13.8. The van der Waals surface area contributed by atoms with E-state index >= 15 is 0 Å². The van der Waals surface area contributed by atoms with E-state index in [4.69, 9.17) is 10.2 Å². The molecule has 2 rings (SSSR count). The summed E-state index contributed by atoms with van der Waals surface area (Å²) in [5.74, 6) is -0.830. The van der Waals surface area contributed by atoms with Gasteiger partial charge < -0.3 is 20.4 Å². The number of likely N-dealkylation sites (tertiary alicyclic amines) is 1. The summed E-state index contributed by atoms with van der Waals surface area (Å²) in [4.78, 5) is 24.7. The molecular weight excluding hydrogens is 248 g/mol. The van der Waals surface area contributed by atoms with Gasteiger partial charge in [-0.1, -0.05) is 6.42 Å². The van der Waals surface area contributed by atoms with E-state index in [1.54, 1.807) is 4.90 Å². The molecule has 2 amide bonds. The van der Waals surface area contributed by atoms with Crippen molar-refractivity contribution in [1.82, 2.24) is 10.2 Å². The Bertz CT molecular complexity index is 348.